The van der Waals surface area contributed by atoms with Gasteiger partial charge in [0, 0.05) is 19.0 Å². The van der Waals surface area contributed by atoms with E-state index in [0.717, 1.165) is 0 Å². The molecule has 0 fully saturated rings. The second kappa shape index (κ2) is 5.70. The van der Waals surface area contributed by atoms with Crippen LogP contribution < -0.4 is 5.73 Å². The van der Waals surface area contributed by atoms with Crippen LogP contribution in [0, 0.1) is 0 Å². The summed E-state index contributed by atoms with van der Waals surface area (Å²) in [4.78, 5) is 23.7. The largest absolute Gasteiger partial charge is 0.468 e. The molecule has 0 saturated carbocycles. The third kappa shape index (κ3) is 6.90. The first-order valence-corrected chi connectivity index (χ1v) is 4.86. The maximum atomic E-state index is 11.5. The molecule has 0 atom stereocenters. The van der Waals surface area contributed by atoms with Gasteiger partial charge in [0.1, 0.15) is 6.54 Å². The van der Waals surface area contributed by atoms with E-state index >= 15 is 0 Å². The van der Waals surface area contributed by atoms with Gasteiger partial charge in [-0.15, -0.1) is 0 Å². The summed E-state index contributed by atoms with van der Waals surface area (Å²) in [6, 6.07) is 0. The van der Waals surface area contributed by atoms with E-state index in [1.54, 1.807) is 7.05 Å². The van der Waals surface area contributed by atoms with Gasteiger partial charge in [-0.25, -0.2) is 0 Å². The zero-order valence-electron chi connectivity index (χ0n) is 9.87. The molecule has 0 aliphatic carbocycles. The fourth-order valence-electron chi connectivity index (χ4n) is 0.966. The molecule has 2 N–H and O–H groups in total. The Morgan fingerprint density at radius 2 is 1.93 bits per heavy atom. The summed E-state index contributed by atoms with van der Waals surface area (Å²) in [6.07, 6.45) is 0.939. The van der Waals surface area contributed by atoms with E-state index in [-0.39, 0.29) is 18.0 Å². The van der Waals surface area contributed by atoms with E-state index in [0.29, 0.717) is 12.8 Å². The average Bonchev–Trinajstić information content (AvgIpc) is 2.12. The zero-order valence-corrected chi connectivity index (χ0v) is 9.87. The normalized spacial score (nSPS) is 11.0. The van der Waals surface area contributed by atoms with Crippen LogP contribution in [0.2, 0.25) is 0 Å². The average molecular weight is 216 g/mol. The van der Waals surface area contributed by atoms with Crippen LogP contribution in [-0.2, 0) is 14.3 Å². The summed E-state index contributed by atoms with van der Waals surface area (Å²) in [5, 5.41) is 0. The summed E-state index contributed by atoms with van der Waals surface area (Å²) in [5.74, 6) is -0.517. The minimum Gasteiger partial charge on any atom is -0.468 e. The van der Waals surface area contributed by atoms with Crippen LogP contribution >= 0.6 is 0 Å². The number of carbonyl (C=O) groups is 2. The Morgan fingerprint density at radius 3 is 2.33 bits per heavy atom. The molecule has 0 rings (SSSR count). The van der Waals surface area contributed by atoms with Crippen molar-refractivity contribution in [3.05, 3.63) is 0 Å². The van der Waals surface area contributed by atoms with Gasteiger partial charge in [-0.1, -0.05) is 0 Å². The van der Waals surface area contributed by atoms with Crippen LogP contribution in [-0.4, -0.2) is 43.0 Å². The Bertz CT molecular complexity index is 233. The predicted molar refractivity (Wildman–Crippen MR) is 57.2 cm³/mol. The number of amides is 1. The monoisotopic (exact) mass is 216 g/mol. The van der Waals surface area contributed by atoms with E-state index in [9.17, 15) is 9.59 Å². The second-order valence-corrected chi connectivity index (χ2v) is 4.31. The van der Waals surface area contributed by atoms with Gasteiger partial charge in [-0.3, -0.25) is 9.59 Å². The molecule has 0 radical (unpaired) electrons. The Labute approximate surface area is 90.6 Å². The summed E-state index contributed by atoms with van der Waals surface area (Å²) < 4.78 is 4.46. The molecule has 0 heterocycles. The molecule has 0 aromatic carbocycles. The second-order valence-electron chi connectivity index (χ2n) is 4.31. The molecule has 88 valence electrons. The van der Waals surface area contributed by atoms with E-state index in [2.05, 4.69) is 4.74 Å². The number of hydrogen-bond donors (Lipinski definition) is 1. The zero-order chi connectivity index (χ0) is 12.1. The number of nitrogens with two attached hydrogens (primary N) is 1. The highest BCUT2D eigenvalue weighted by Crippen LogP contribution is 2.08. The van der Waals surface area contributed by atoms with Crippen molar-refractivity contribution in [2.45, 2.75) is 32.2 Å². The van der Waals surface area contributed by atoms with Crippen molar-refractivity contribution in [3.8, 4) is 0 Å². The lowest BCUT2D eigenvalue weighted by molar-refractivity contribution is -0.146. The summed E-state index contributed by atoms with van der Waals surface area (Å²) in [6.45, 7) is 3.71. The van der Waals surface area contributed by atoms with Crippen LogP contribution in [0.1, 0.15) is 26.7 Å². The summed E-state index contributed by atoms with van der Waals surface area (Å²) in [5.41, 5.74) is 5.39. The highest BCUT2D eigenvalue weighted by molar-refractivity contribution is 5.81. The number of carbonyl (C=O) groups excluding carboxylic acids is 2. The first-order valence-electron chi connectivity index (χ1n) is 4.86. The van der Waals surface area contributed by atoms with Crippen molar-refractivity contribution < 1.29 is 14.3 Å². The smallest absolute Gasteiger partial charge is 0.325 e. The highest BCUT2D eigenvalue weighted by Gasteiger charge is 2.17. The van der Waals surface area contributed by atoms with E-state index in [1.165, 1.54) is 12.0 Å². The molecule has 15 heavy (non-hydrogen) atoms. The van der Waals surface area contributed by atoms with Gasteiger partial charge in [0.2, 0.25) is 5.91 Å². The van der Waals surface area contributed by atoms with Gasteiger partial charge in [0.05, 0.1) is 7.11 Å². The molecule has 0 unspecified atom stereocenters. The fraction of sp³-hybridized carbons (Fsp3) is 0.800. The van der Waals surface area contributed by atoms with Gasteiger partial charge >= 0.3 is 5.97 Å². The number of rotatable bonds is 5. The van der Waals surface area contributed by atoms with E-state index in [1.807, 2.05) is 13.8 Å². The first-order chi connectivity index (χ1) is 6.76. The Kier molecular flexibility index (Phi) is 5.28. The molecule has 0 spiro atoms. The fourth-order valence-corrected chi connectivity index (χ4v) is 0.966. The lowest BCUT2D eigenvalue weighted by Gasteiger charge is -2.20. The van der Waals surface area contributed by atoms with Gasteiger partial charge in [0.25, 0.3) is 0 Å². The molecule has 0 aliphatic heterocycles. The Balaban J connectivity index is 3.95. The molecule has 0 aromatic rings. The number of nitrogens with zero attached hydrogens (tertiary/aromatic N) is 1. The van der Waals surface area contributed by atoms with Crippen molar-refractivity contribution >= 4 is 11.9 Å². The molecular weight excluding hydrogens is 196 g/mol. The van der Waals surface area contributed by atoms with Gasteiger partial charge in [-0.2, -0.15) is 0 Å². The Morgan fingerprint density at radius 1 is 1.40 bits per heavy atom. The lowest BCUT2D eigenvalue weighted by atomic mass is 10.00. The van der Waals surface area contributed by atoms with Crippen LogP contribution in [0.3, 0.4) is 0 Å². The van der Waals surface area contributed by atoms with Crippen molar-refractivity contribution in [1.29, 1.82) is 0 Å². The first kappa shape index (κ1) is 13.9. The molecular formula is C10H20N2O3. The standard InChI is InChI=1S/C10H20N2O3/c1-10(2,11)6-5-8(13)12(3)7-9(14)15-4/h5-7,11H2,1-4H3. The van der Waals surface area contributed by atoms with Gasteiger partial charge in [0.15, 0.2) is 0 Å². The SMILES string of the molecule is COC(=O)CN(C)C(=O)CCC(C)(C)N. The number of ether oxygens (including phenoxy) is 1. The number of likely N-dealkylation sites (N-methyl/N-ethyl adjacent to an activating group) is 1. The quantitative estimate of drug-likeness (QED) is 0.663. The van der Waals surface area contributed by atoms with Gasteiger partial charge in [-0.05, 0) is 20.3 Å². The van der Waals surface area contributed by atoms with Crippen LogP contribution in [0.4, 0.5) is 0 Å². The topological polar surface area (TPSA) is 72.6 Å². The van der Waals surface area contributed by atoms with Crippen molar-refractivity contribution in [2.24, 2.45) is 5.73 Å². The molecule has 1 amide bonds. The summed E-state index contributed by atoms with van der Waals surface area (Å²) >= 11 is 0. The maximum Gasteiger partial charge on any atom is 0.325 e. The number of hydrogen-bond acceptors (Lipinski definition) is 4. The van der Waals surface area contributed by atoms with E-state index < -0.39 is 5.97 Å². The van der Waals surface area contributed by atoms with Crippen LogP contribution in [0.5, 0.6) is 0 Å². The predicted octanol–water partition coefficient (Wildman–Crippen LogP) is 0.135. The molecule has 0 aliphatic rings. The number of methoxy groups -OCH3 is 1. The maximum absolute atomic E-state index is 11.5. The minimum absolute atomic E-state index is 0.0136. The summed E-state index contributed by atoms with van der Waals surface area (Å²) in [7, 11) is 2.87. The molecule has 0 bridgehead atoms. The highest BCUT2D eigenvalue weighted by atomic mass is 16.5. The molecule has 0 aromatic heterocycles. The van der Waals surface area contributed by atoms with E-state index in [4.69, 9.17) is 5.73 Å². The Hall–Kier alpha value is -1.10. The van der Waals surface area contributed by atoms with Gasteiger partial charge < -0.3 is 15.4 Å². The third-order valence-corrected chi connectivity index (χ3v) is 2.00. The van der Waals surface area contributed by atoms with Crippen molar-refractivity contribution in [2.75, 3.05) is 20.7 Å². The third-order valence-electron chi connectivity index (χ3n) is 2.00. The van der Waals surface area contributed by atoms with Crippen LogP contribution in [0.15, 0.2) is 0 Å². The molecule has 5 nitrogen and oxygen atoms in total. The molecule has 0 saturated heterocycles. The van der Waals surface area contributed by atoms with Crippen molar-refractivity contribution in [1.82, 2.24) is 4.90 Å². The van der Waals surface area contributed by atoms with Crippen molar-refractivity contribution in [3.63, 3.8) is 0 Å². The molecule has 5 heteroatoms. The number of esters is 1. The minimum atomic E-state index is -0.419. The van der Waals surface area contributed by atoms with Crippen LogP contribution in [0.25, 0.3) is 0 Å². The lowest BCUT2D eigenvalue weighted by Crippen LogP contribution is -2.36.